The lowest BCUT2D eigenvalue weighted by molar-refractivity contribution is 0.305. The van der Waals surface area contributed by atoms with Gasteiger partial charge in [-0.2, -0.15) is 0 Å². The fourth-order valence-corrected chi connectivity index (χ4v) is 1.78. The molecule has 0 unspecified atom stereocenters. The van der Waals surface area contributed by atoms with Crippen LogP contribution in [-0.4, -0.2) is 19.7 Å². The second kappa shape index (κ2) is 8.59. The Morgan fingerprint density at radius 2 is 2.12 bits per heavy atom. The monoisotopic (exact) mass is 285 g/mol. The van der Waals surface area contributed by atoms with Crippen LogP contribution < -0.4 is 10.1 Å². The molecule has 2 nitrogen and oxygen atoms in total. The van der Waals surface area contributed by atoms with Gasteiger partial charge in [0.1, 0.15) is 5.75 Å². The molecular formula is C13H20BrNO. The van der Waals surface area contributed by atoms with E-state index in [0.29, 0.717) is 0 Å². The summed E-state index contributed by atoms with van der Waals surface area (Å²) >= 11 is 3.42. The summed E-state index contributed by atoms with van der Waals surface area (Å²) in [5.41, 5.74) is 0. The highest BCUT2D eigenvalue weighted by atomic mass is 79.9. The number of halogens is 1. The van der Waals surface area contributed by atoms with E-state index >= 15 is 0 Å². The van der Waals surface area contributed by atoms with Gasteiger partial charge in [-0.1, -0.05) is 28.9 Å². The lowest BCUT2D eigenvalue weighted by Crippen LogP contribution is -2.16. The van der Waals surface area contributed by atoms with Crippen LogP contribution in [0.4, 0.5) is 0 Å². The Balaban J connectivity index is 2.03. The average molecular weight is 286 g/mol. The van der Waals surface area contributed by atoms with Crippen LogP contribution in [0.3, 0.4) is 0 Å². The molecular weight excluding hydrogens is 266 g/mol. The minimum absolute atomic E-state index is 0.796. The van der Waals surface area contributed by atoms with Gasteiger partial charge in [0.2, 0.25) is 0 Å². The van der Waals surface area contributed by atoms with E-state index < -0.39 is 0 Å². The van der Waals surface area contributed by atoms with Crippen LogP contribution in [0.5, 0.6) is 5.75 Å². The Bertz CT molecular complexity index is 291. The maximum absolute atomic E-state index is 5.64. The molecule has 0 aliphatic carbocycles. The highest BCUT2D eigenvalue weighted by Crippen LogP contribution is 2.17. The fraction of sp³-hybridized carbons (Fsp3) is 0.538. The molecule has 0 amide bonds. The zero-order chi connectivity index (χ0) is 11.6. The van der Waals surface area contributed by atoms with E-state index in [0.717, 1.165) is 36.3 Å². The van der Waals surface area contributed by atoms with E-state index in [1.165, 1.54) is 12.8 Å². The summed E-state index contributed by atoms with van der Waals surface area (Å²) in [5.74, 6) is 0.941. The maximum Gasteiger partial charge on any atom is 0.120 e. The van der Waals surface area contributed by atoms with Crippen molar-refractivity contribution in [1.82, 2.24) is 5.32 Å². The molecule has 3 heteroatoms. The van der Waals surface area contributed by atoms with Crippen molar-refractivity contribution in [2.45, 2.75) is 26.2 Å². The molecule has 0 aliphatic rings. The molecule has 0 spiro atoms. The number of nitrogens with one attached hydrogen (secondary N) is 1. The van der Waals surface area contributed by atoms with Gasteiger partial charge in [-0.15, -0.1) is 0 Å². The molecule has 0 saturated heterocycles. The molecule has 0 aromatic heterocycles. The highest BCUT2D eigenvalue weighted by Gasteiger charge is 1.94. The van der Waals surface area contributed by atoms with Crippen molar-refractivity contribution < 1.29 is 4.74 Å². The number of hydrogen-bond donors (Lipinski definition) is 1. The summed E-state index contributed by atoms with van der Waals surface area (Å²) in [6.07, 6.45) is 3.48. The van der Waals surface area contributed by atoms with E-state index in [4.69, 9.17) is 4.74 Å². The zero-order valence-electron chi connectivity index (χ0n) is 9.84. The molecule has 0 bridgehead atoms. The first kappa shape index (κ1) is 13.5. The molecule has 1 rings (SSSR count). The van der Waals surface area contributed by atoms with Crippen LogP contribution >= 0.6 is 15.9 Å². The van der Waals surface area contributed by atoms with Gasteiger partial charge >= 0.3 is 0 Å². The lowest BCUT2D eigenvalue weighted by Gasteiger charge is -2.06. The standard InChI is InChI=1S/C13H20BrNO/c1-2-8-15-9-3-4-10-16-13-7-5-6-12(14)11-13/h5-7,11,15H,2-4,8-10H2,1H3. The number of benzene rings is 1. The molecule has 0 radical (unpaired) electrons. The number of unbranched alkanes of at least 4 members (excludes halogenated alkanes) is 1. The van der Waals surface area contributed by atoms with Crippen molar-refractivity contribution in [3.63, 3.8) is 0 Å². The zero-order valence-corrected chi connectivity index (χ0v) is 11.4. The maximum atomic E-state index is 5.64. The molecule has 1 aromatic rings. The first-order valence-electron chi connectivity index (χ1n) is 5.92. The van der Waals surface area contributed by atoms with Crippen LogP contribution in [0, 0.1) is 0 Å². The topological polar surface area (TPSA) is 21.3 Å². The van der Waals surface area contributed by atoms with Crippen LogP contribution in [0.25, 0.3) is 0 Å². The predicted molar refractivity (Wildman–Crippen MR) is 72.0 cm³/mol. The molecule has 1 aromatic carbocycles. The summed E-state index contributed by atoms with van der Waals surface area (Å²) in [4.78, 5) is 0. The van der Waals surface area contributed by atoms with Gasteiger partial charge in [-0.05, 0) is 50.6 Å². The van der Waals surface area contributed by atoms with Gasteiger partial charge in [-0.3, -0.25) is 0 Å². The highest BCUT2D eigenvalue weighted by molar-refractivity contribution is 9.10. The fourth-order valence-electron chi connectivity index (χ4n) is 1.40. The molecule has 0 atom stereocenters. The number of ether oxygens (including phenoxy) is 1. The van der Waals surface area contributed by atoms with Gasteiger partial charge in [0, 0.05) is 4.47 Å². The number of rotatable bonds is 8. The Morgan fingerprint density at radius 3 is 2.88 bits per heavy atom. The minimum atomic E-state index is 0.796. The molecule has 0 saturated carbocycles. The normalized spacial score (nSPS) is 10.4. The average Bonchev–Trinajstić information content (AvgIpc) is 2.28. The van der Waals surface area contributed by atoms with E-state index in [1.807, 2.05) is 24.3 Å². The van der Waals surface area contributed by atoms with E-state index in [-0.39, 0.29) is 0 Å². The van der Waals surface area contributed by atoms with Gasteiger partial charge in [0.05, 0.1) is 6.61 Å². The molecule has 1 N–H and O–H groups in total. The second-order valence-electron chi connectivity index (χ2n) is 3.76. The quantitative estimate of drug-likeness (QED) is 0.737. The summed E-state index contributed by atoms with van der Waals surface area (Å²) in [6, 6.07) is 7.97. The van der Waals surface area contributed by atoms with Gasteiger partial charge in [-0.25, -0.2) is 0 Å². The smallest absolute Gasteiger partial charge is 0.120 e. The van der Waals surface area contributed by atoms with Gasteiger partial charge in [0.15, 0.2) is 0 Å². The summed E-state index contributed by atoms with van der Waals surface area (Å²) in [6.45, 7) is 5.19. The van der Waals surface area contributed by atoms with Crippen molar-refractivity contribution in [3.8, 4) is 5.75 Å². The van der Waals surface area contributed by atoms with E-state index in [1.54, 1.807) is 0 Å². The third-order valence-electron chi connectivity index (χ3n) is 2.24. The van der Waals surface area contributed by atoms with Crippen molar-refractivity contribution in [3.05, 3.63) is 28.7 Å². The van der Waals surface area contributed by atoms with Crippen LogP contribution in [0.1, 0.15) is 26.2 Å². The third kappa shape index (κ3) is 6.13. The summed E-state index contributed by atoms with van der Waals surface area (Å²) in [7, 11) is 0. The minimum Gasteiger partial charge on any atom is -0.494 e. The first-order valence-corrected chi connectivity index (χ1v) is 6.71. The first-order chi connectivity index (χ1) is 7.83. The van der Waals surface area contributed by atoms with Crippen LogP contribution in [-0.2, 0) is 0 Å². The number of hydrogen-bond acceptors (Lipinski definition) is 2. The lowest BCUT2D eigenvalue weighted by atomic mass is 10.3. The van der Waals surface area contributed by atoms with Crippen molar-refractivity contribution >= 4 is 15.9 Å². The largest absolute Gasteiger partial charge is 0.494 e. The predicted octanol–water partition coefficient (Wildman–Crippen LogP) is 3.61. The molecule has 0 fully saturated rings. The third-order valence-corrected chi connectivity index (χ3v) is 2.73. The van der Waals surface area contributed by atoms with Gasteiger partial charge in [0.25, 0.3) is 0 Å². The van der Waals surface area contributed by atoms with E-state index in [9.17, 15) is 0 Å². The Hall–Kier alpha value is -0.540. The van der Waals surface area contributed by atoms with Crippen LogP contribution in [0.2, 0.25) is 0 Å². The SMILES string of the molecule is CCCNCCCCOc1cccc(Br)c1. The van der Waals surface area contributed by atoms with Crippen LogP contribution in [0.15, 0.2) is 28.7 Å². The summed E-state index contributed by atoms with van der Waals surface area (Å²) < 4.78 is 6.70. The Kier molecular flexibility index (Phi) is 7.26. The molecule has 16 heavy (non-hydrogen) atoms. The van der Waals surface area contributed by atoms with Gasteiger partial charge < -0.3 is 10.1 Å². The van der Waals surface area contributed by atoms with Crippen molar-refractivity contribution in [2.24, 2.45) is 0 Å². The van der Waals surface area contributed by atoms with Crippen molar-refractivity contribution in [1.29, 1.82) is 0 Å². The second-order valence-corrected chi connectivity index (χ2v) is 4.68. The Morgan fingerprint density at radius 1 is 1.25 bits per heavy atom. The molecule has 0 heterocycles. The van der Waals surface area contributed by atoms with E-state index in [2.05, 4.69) is 28.2 Å². The molecule has 0 aliphatic heterocycles. The Labute approximate surface area is 107 Å². The molecule has 90 valence electrons. The summed E-state index contributed by atoms with van der Waals surface area (Å²) in [5, 5.41) is 3.38. The van der Waals surface area contributed by atoms with Crippen molar-refractivity contribution in [2.75, 3.05) is 19.7 Å².